The van der Waals surface area contributed by atoms with Gasteiger partial charge in [0.1, 0.15) is 0 Å². The molecule has 0 aliphatic carbocycles. The van der Waals surface area contributed by atoms with Gasteiger partial charge in [-0.1, -0.05) is 13.8 Å². The maximum absolute atomic E-state index is 3.50. The number of likely N-dealkylation sites (tertiary alicyclic amines) is 1. The SMILES string of the molecule is CC(C)CN1CCC([C@H]2CCNC2)CC1. The first-order valence-corrected chi connectivity index (χ1v) is 6.69. The highest BCUT2D eigenvalue weighted by atomic mass is 15.1. The standard InChI is InChI=1S/C13H26N2/c1-11(2)10-15-7-4-12(5-8-15)13-3-6-14-9-13/h11-14H,3-10H2,1-2H3/t13-/m0/s1. The molecule has 0 saturated carbocycles. The molecule has 2 saturated heterocycles. The van der Waals surface area contributed by atoms with Crippen molar-refractivity contribution in [1.82, 2.24) is 10.2 Å². The van der Waals surface area contributed by atoms with E-state index in [-0.39, 0.29) is 0 Å². The monoisotopic (exact) mass is 210 g/mol. The van der Waals surface area contributed by atoms with E-state index in [1.54, 1.807) is 0 Å². The smallest absolute Gasteiger partial charge is 0.000439 e. The predicted octanol–water partition coefficient (Wildman–Crippen LogP) is 1.96. The molecule has 0 aromatic carbocycles. The summed E-state index contributed by atoms with van der Waals surface area (Å²) in [6.45, 7) is 11.2. The normalized spacial score (nSPS) is 30.2. The van der Waals surface area contributed by atoms with Gasteiger partial charge in [0, 0.05) is 6.54 Å². The molecule has 2 nitrogen and oxygen atoms in total. The third-order valence-electron chi connectivity index (χ3n) is 4.02. The van der Waals surface area contributed by atoms with Crippen LogP contribution in [0.15, 0.2) is 0 Å². The molecule has 0 unspecified atom stereocenters. The van der Waals surface area contributed by atoms with Gasteiger partial charge in [0.25, 0.3) is 0 Å². The fourth-order valence-corrected chi connectivity index (χ4v) is 3.20. The summed E-state index contributed by atoms with van der Waals surface area (Å²) >= 11 is 0. The van der Waals surface area contributed by atoms with E-state index in [1.807, 2.05) is 0 Å². The second kappa shape index (κ2) is 5.31. The van der Waals surface area contributed by atoms with Gasteiger partial charge in [-0.05, 0) is 63.2 Å². The van der Waals surface area contributed by atoms with Gasteiger partial charge in [-0.25, -0.2) is 0 Å². The lowest BCUT2D eigenvalue weighted by Crippen LogP contribution is -2.38. The molecule has 0 aromatic rings. The first-order valence-electron chi connectivity index (χ1n) is 6.69. The lowest BCUT2D eigenvalue weighted by molar-refractivity contribution is 0.140. The van der Waals surface area contributed by atoms with Crippen LogP contribution in [0.25, 0.3) is 0 Å². The van der Waals surface area contributed by atoms with Crippen molar-refractivity contribution in [2.45, 2.75) is 33.1 Å². The number of piperidine rings is 1. The molecule has 2 aliphatic rings. The number of hydrogen-bond acceptors (Lipinski definition) is 2. The van der Waals surface area contributed by atoms with Crippen LogP contribution in [-0.4, -0.2) is 37.6 Å². The fourth-order valence-electron chi connectivity index (χ4n) is 3.20. The van der Waals surface area contributed by atoms with E-state index < -0.39 is 0 Å². The van der Waals surface area contributed by atoms with Crippen LogP contribution >= 0.6 is 0 Å². The summed E-state index contributed by atoms with van der Waals surface area (Å²) in [5.74, 6) is 2.84. The summed E-state index contributed by atoms with van der Waals surface area (Å²) in [7, 11) is 0. The average Bonchev–Trinajstić information content (AvgIpc) is 2.71. The highest BCUT2D eigenvalue weighted by molar-refractivity contribution is 4.82. The van der Waals surface area contributed by atoms with Crippen molar-refractivity contribution in [1.29, 1.82) is 0 Å². The van der Waals surface area contributed by atoms with Crippen molar-refractivity contribution in [3.8, 4) is 0 Å². The maximum atomic E-state index is 3.50. The topological polar surface area (TPSA) is 15.3 Å². The highest BCUT2D eigenvalue weighted by Gasteiger charge is 2.28. The van der Waals surface area contributed by atoms with Gasteiger partial charge < -0.3 is 10.2 Å². The Balaban J connectivity index is 1.71. The van der Waals surface area contributed by atoms with Gasteiger partial charge in [-0.15, -0.1) is 0 Å². The molecule has 88 valence electrons. The molecule has 15 heavy (non-hydrogen) atoms. The minimum Gasteiger partial charge on any atom is -0.316 e. The lowest BCUT2D eigenvalue weighted by atomic mass is 9.83. The van der Waals surface area contributed by atoms with Crippen LogP contribution in [-0.2, 0) is 0 Å². The highest BCUT2D eigenvalue weighted by Crippen LogP contribution is 2.28. The predicted molar refractivity (Wildman–Crippen MR) is 65.0 cm³/mol. The second-order valence-corrected chi connectivity index (χ2v) is 5.78. The van der Waals surface area contributed by atoms with Crippen molar-refractivity contribution >= 4 is 0 Å². The van der Waals surface area contributed by atoms with Crippen molar-refractivity contribution in [2.24, 2.45) is 17.8 Å². The molecule has 1 atom stereocenters. The Bertz CT molecular complexity index is 177. The summed E-state index contributed by atoms with van der Waals surface area (Å²) in [4.78, 5) is 2.66. The van der Waals surface area contributed by atoms with Gasteiger partial charge in [0.05, 0.1) is 0 Å². The molecule has 0 aromatic heterocycles. The van der Waals surface area contributed by atoms with Gasteiger partial charge in [0.2, 0.25) is 0 Å². The van der Waals surface area contributed by atoms with Crippen LogP contribution < -0.4 is 5.32 Å². The second-order valence-electron chi connectivity index (χ2n) is 5.78. The molecule has 0 spiro atoms. The molecule has 0 amide bonds. The van der Waals surface area contributed by atoms with Crippen molar-refractivity contribution in [3.63, 3.8) is 0 Å². The third-order valence-corrected chi connectivity index (χ3v) is 4.02. The summed E-state index contributed by atoms with van der Waals surface area (Å²) in [5.41, 5.74) is 0. The Hall–Kier alpha value is -0.0800. The summed E-state index contributed by atoms with van der Waals surface area (Å²) in [5, 5.41) is 3.50. The zero-order chi connectivity index (χ0) is 10.7. The first kappa shape index (κ1) is 11.4. The van der Waals surface area contributed by atoms with Gasteiger partial charge in [-0.3, -0.25) is 0 Å². The molecule has 2 heteroatoms. The number of hydrogen-bond donors (Lipinski definition) is 1. The van der Waals surface area contributed by atoms with Crippen molar-refractivity contribution in [3.05, 3.63) is 0 Å². The van der Waals surface area contributed by atoms with Crippen LogP contribution in [0.3, 0.4) is 0 Å². The van der Waals surface area contributed by atoms with Gasteiger partial charge in [-0.2, -0.15) is 0 Å². The summed E-state index contributed by atoms with van der Waals surface area (Å²) in [6.07, 6.45) is 4.31. The van der Waals surface area contributed by atoms with Crippen LogP contribution in [0.2, 0.25) is 0 Å². The van der Waals surface area contributed by atoms with E-state index in [9.17, 15) is 0 Å². The molecule has 1 N–H and O–H groups in total. The van der Waals surface area contributed by atoms with E-state index in [0.717, 1.165) is 17.8 Å². The minimum atomic E-state index is 0.828. The van der Waals surface area contributed by atoms with Crippen LogP contribution in [0.4, 0.5) is 0 Å². The Labute approximate surface area is 94.4 Å². The molecule has 0 bridgehead atoms. The van der Waals surface area contributed by atoms with Crippen molar-refractivity contribution < 1.29 is 0 Å². The van der Waals surface area contributed by atoms with E-state index in [1.165, 1.54) is 52.0 Å². The summed E-state index contributed by atoms with van der Waals surface area (Å²) < 4.78 is 0. The van der Waals surface area contributed by atoms with E-state index in [4.69, 9.17) is 0 Å². The van der Waals surface area contributed by atoms with Crippen LogP contribution in [0, 0.1) is 17.8 Å². The molecule has 2 aliphatic heterocycles. The molecule has 2 fully saturated rings. The quantitative estimate of drug-likeness (QED) is 0.766. The van der Waals surface area contributed by atoms with E-state index >= 15 is 0 Å². The number of rotatable bonds is 3. The number of nitrogens with one attached hydrogen (secondary N) is 1. The van der Waals surface area contributed by atoms with Gasteiger partial charge in [0.15, 0.2) is 0 Å². The lowest BCUT2D eigenvalue weighted by Gasteiger charge is -2.35. The zero-order valence-corrected chi connectivity index (χ0v) is 10.3. The average molecular weight is 210 g/mol. The van der Waals surface area contributed by atoms with E-state index in [2.05, 4.69) is 24.1 Å². The zero-order valence-electron chi connectivity index (χ0n) is 10.3. The largest absolute Gasteiger partial charge is 0.316 e. The third kappa shape index (κ3) is 3.18. The van der Waals surface area contributed by atoms with Crippen LogP contribution in [0.1, 0.15) is 33.1 Å². The Morgan fingerprint density at radius 2 is 1.87 bits per heavy atom. The molecule has 0 radical (unpaired) electrons. The Morgan fingerprint density at radius 1 is 1.13 bits per heavy atom. The summed E-state index contributed by atoms with van der Waals surface area (Å²) in [6, 6.07) is 0. The molecule has 2 heterocycles. The van der Waals surface area contributed by atoms with Crippen LogP contribution in [0.5, 0.6) is 0 Å². The van der Waals surface area contributed by atoms with E-state index in [0.29, 0.717) is 0 Å². The molecular weight excluding hydrogens is 184 g/mol. The minimum absolute atomic E-state index is 0.828. The molecule has 2 rings (SSSR count). The Morgan fingerprint density at radius 3 is 2.40 bits per heavy atom. The fraction of sp³-hybridized carbons (Fsp3) is 1.00. The maximum Gasteiger partial charge on any atom is 0.000439 e. The first-order chi connectivity index (χ1) is 7.25. The molecular formula is C13H26N2. The Kier molecular flexibility index (Phi) is 4.04. The van der Waals surface area contributed by atoms with Crippen molar-refractivity contribution in [2.75, 3.05) is 32.7 Å². The number of nitrogens with zero attached hydrogens (tertiary/aromatic N) is 1. The van der Waals surface area contributed by atoms with Gasteiger partial charge >= 0.3 is 0 Å².